The van der Waals surface area contributed by atoms with Crippen molar-refractivity contribution in [3.63, 3.8) is 0 Å². The second-order valence-corrected chi connectivity index (χ2v) is 6.78. The predicted molar refractivity (Wildman–Crippen MR) is 87.7 cm³/mol. The van der Waals surface area contributed by atoms with Gasteiger partial charge in [0.2, 0.25) is 0 Å². The van der Waals surface area contributed by atoms with Crippen LogP contribution in [-0.4, -0.2) is 17.8 Å². The van der Waals surface area contributed by atoms with Gasteiger partial charge in [0.1, 0.15) is 6.61 Å². The van der Waals surface area contributed by atoms with Gasteiger partial charge in [-0.1, -0.05) is 50.2 Å². The third-order valence-electron chi connectivity index (χ3n) is 3.49. The minimum atomic E-state index is -0.483. The van der Waals surface area contributed by atoms with E-state index in [9.17, 15) is 9.90 Å². The van der Waals surface area contributed by atoms with Crippen LogP contribution < -0.4 is 5.32 Å². The van der Waals surface area contributed by atoms with Crippen LogP contribution in [0.4, 0.5) is 4.79 Å². The Labute approximate surface area is 134 Å². The van der Waals surface area contributed by atoms with E-state index in [2.05, 4.69) is 5.32 Å². The van der Waals surface area contributed by atoms with Crippen molar-refractivity contribution in [3.05, 3.63) is 58.3 Å². The number of amides is 1. The summed E-state index contributed by atoms with van der Waals surface area (Å²) < 4.78 is 5.27. The highest BCUT2D eigenvalue weighted by atomic mass is 32.1. The molecule has 1 atom stereocenters. The van der Waals surface area contributed by atoms with Crippen molar-refractivity contribution in [2.75, 3.05) is 6.61 Å². The first-order valence-electron chi connectivity index (χ1n) is 7.14. The van der Waals surface area contributed by atoms with Crippen molar-refractivity contribution in [2.45, 2.75) is 26.5 Å². The lowest BCUT2D eigenvalue weighted by atomic mass is 9.84. The van der Waals surface area contributed by atoms with Crippen LogP contribution in [0, 0.1) is 5.41 Å². The average molecular weight is 319 g/mol. The lowest BCUT2D eigenvalue weighted by molar-refractivity contribution is 0.0962. The summed E-state index contributed by atoms with van der Waals surface area (Å²) in [5.41, 5.74) is 0.461. The number of carbonyl (C=O) groups excluding carboxylic acids is 1. The topological polar surface area (TPSA) is 58.6 Å². The molecule has 1 aromatic heterocycles. The van der Waals surface area contributed by atoms with E-state index in [1.54, 1.807) is 11.3 Å². The van der Waals surface area contributed by atoms with E-state index in [4.69, 9.17) is 4.74 Å². The largest absolute Gasteiger partial charge is 0.445 e. The first kappa shape index (κ1) is 16.5. The van der Waals surface area contributed by atoms with Crippen molar-refractivity contribution in [3.8, 4) is 0 Å². The van der Waals surface area contributed by atoms with Gasteiger partial charge in [-0.2, -0.15) is 0 Å². The second-order valence-electron chi connectivity index (χ2n) is 5.80. The van der Waals surface area contributed by atoms with Gasteiger partial charge in [-0.05, 0) is 17.0 Å². The summed E-state index contributed by atoms with van der Waals surface area (Å²) in [6, 6.07) is 13.1. The van der Waals surface area contributed by atoms with E-state index in [0.717, 1.165) is 10.4 Å². The molecule has 2 aromatic rings. The summed E-state index contributed by atoms with van der Waals surface area (Å²) in [4.78, 5) is 13.1. The van der Waals surface area contributed by atoms with E-state index in [1.807, 2.05) is 61.7 Å². The van der Waals surface area contributed by atoms with Crippen molar-refractivity contribution < 1.29 is 14.6 Å². The van der Waals surface area contributed by atoms with E-state index >= 15 is 0 Å². The summed E-state index contributed by atoms with van der Waals surface area (Å²) in [6.07, 6.45) is -0.483. The molecular weight excluding hydrogens is 298 g/mol. The van der Waals surface area contributed by atoms with E-state index < -0.39 is 11.5 Å². The lowest BCUT2D eigenvalue weighted by Crippen LogP contribution is -2.39. The Morgan fingerprint density at radius 3 is 2.59 bits per heavy atom. The zero-order chi connectivity index (χ0) is 16.0. The standard InChI is InChI=1S/C17H21NO3S/c1-17(2,12-19)15(14-9-6-10-22-14)18-16(20)21-11-13-7-4-3-5-8-13/h3-10,15,19H,11-12H2,1-2H3,(H,18,20). The number of aliphatic hydroxyl groups excluding tert-OH is 1. The number of carbonyl (C=O) groups is 1. The summed E-state index contributed by atoms with van der Waals surface area (Å²) >= 11 is 1.55. The van der Waals surface area contributed by atoms with Crippen molar-refractivity contribution >= 4 is 17.4 Å². The Morgan fingerprint density at radius 2 is 2.00 bits per heavy atom. The summed E-state index contributed by atoms with van der Waals surface area (Å²) in [5, 5.41) is 14.4. The molecular formula is C17H21NO3S. The minimum Gasteiger partial charge on any atom is -0.445 e. The maximum atomic E-state index is 12.1. The van der Waals surface area contributed by atoms with Gasteiger partial charge in [0.15, 0.2) is 0 Å². The quantitative estimate of drug-likeness (QED) is 0.853. The molecule has 0 spiro atoms. The van der Waals surface area contributed by atoms with Crippen LogP contribution >= 0.6 is 11.3 Å². The third-order valence-corrected chi connectivity index (χ3v) is 4.43. The number of rotatable bonds is 6. The Morgan fingerprint density at radius 1 is 1.27 bits per heavy atom. The summed E-state index contributed by atoms with van der Waals surface area (Å²) in [6.45, 7) is 4.02. The number of benzene rings is 1. The summed E-state index contributed by atoms with van der Waals surface area (Å²) in [5.74, 6) is 0. The van der Waals surface area contributed by atoms with Crippen LogP contribution in [0.25, 0.3) is 0 Å². The molecule has 118 valence electrons. The fourth-order valence-electron chi connectivity index (χ4n) is 2.08. The van der Waals surface area contributed by atoms with Gasteiger partial charge in [-0.25, -0.2) is 4.79 Å². The Bertz CT molecular complexity index is 581. The molecule has 4 nitrogen and oxygen atoms in total. The van der Waals surface area contributed by atoms with Crippen molar-refractivity contribution in [2.24, 2.45) is 5.41 Å². The fourth-order valence-corrected chi connectivity index (χ4v) is 3.07. The molecule has 2 N–H and O–H groups in total. The number of hydrogen-bond acceptors (Lipinski definition) is 4. The van der Waals surface area contributed by atoms with Crippen molar-refractivity contribution in [1.82, 2.24) is 5.32 Å². The minimum absolute atomic E-state index is 0.0332. The molecule has 2 rings (SSSR count). The van der Waals surface area contributed by atoms with Crippen LogP contribution in [0.1, 0.15) is 30.3 Å². The molecule has 1 aromatic carbocycles. The molecule has 0 aliphatic carbocycles. The molecule has 1 unspecified atom stereocenters. The molecule has 1 heterocycles. The van der Waals surface area contributed by atoms with Crippen LogP contribution in [0.15, 0.2) is 47.8 Å². The van der Waals surface area contributed by atoms with E-state index in [0.29, 0.717) is 0 Å². The van der Waals surface area contributed by atoms with Crippen LogP contribution in [-0.2, 0) is 11.3 Å². The van der Waals surface area contributed by atoms with Crippen LogP contribution in [0.3, 0.4) is 0 Å². The van der Waals surface area contributed by atoms with Gasteiger partial charge in [-0.15, -0.1) is 11.3 Å². The maximum Gasteiger partial charge on any atom is 0.407 e. The second kappa shape index (κ2) is 7.42. The number of aliphatic hydroxyl groups is 1. The van der Waals surface area contributed by atoms with Gasteiger partial charge in [0.25, 0.3) is 0 Å². The predicted octanol–water partition coefficient (Wildman–Crippen LogP) is 3.73. The number of thiophene rings is 1. The smallest absolute Gasteiger partial charge is 0.407 e. The number of alkyl carbamates (subject to hydrolysis) is 1. The average Bonchev–Trinajstić information content (AvgIpc) is 3.05. The van der Waals surface area contributed by atoms with Gasteiger partial charge < -0.3 is 15.2 Å². The van der Waals surface area contributed by atoms with Gasteiger partial charge in [0.05, 0.1) is 12.6 Å². The Kier molecular flexibility index (Phi) is 5.57. The Hall–Kier alpha value is -1.85. The fraction of sp³-hybridized carbons (Fsp3) is 0.353. The highest BCUT2D eigenvalue weighted by molar-refractivity contribution is 7.10. The molecule has 0 saturated heterocycles. The molecule has 0 radical (unpaired) electrons. The SMILES string of the molecule is CC(C)(CO)C(NC(=O)OCc1ccccc1)c1cccs1. The van der Waals surface area contributed by atoms with Gasteiger partial charge >= 0.3 is 6.09 Å². The molecule has 0 saturated carbocycles. The number of nitrogens with one attached hydrogen (secondary N) is 1. The first-order chi connectivity index (χ1) is 10.5. The summed E-state index contributed by atoms with van der Waals surface area (Å²) in [7, 11) is 0. The normalized spacial score (nSPS) is 12.7. The monoisotopic (exact) mass is 319 g/mol. The number of hydrogen-bond donors (Lipinski definition) is 2. The van der Waals surface area contributed by atoms with Gasteiger partial charge in [0, 0.05) is 10.3 Å². The molecule has 0 fully saturated rings. The van der Waals surface area contributed by atoms with E-state index in [-0.39, 0.29) is 19.3 Å². The molecule has 1 amide bonds. The highest BCUT2D eigenvalue weighted by Crippen LogP contribution is 2.35. The number of ether oxygens (including phenoxy) is 1. The molecule has 0 bridgehead atoms. The van der Waals surface area contributed by atoms with E-state index in [1.165, 1.54) is 0 Å². The van der Waals surface area contributed by atoms with Gasteiger partial charge in [-0.3, -0.25) is 0 Å². The maximum absolute atomic E-state index is 12.1. The van der Waals surface area contributed by atoms with Crippen LogP contribution in [0.2, 0.25) is 0 Å². The Balaban J connectivity index is 2.00. The lowest BCUT2D eigenvalue weighted by Gasteiger charge is -2.32. The first-order valence-corrected chi connectivity index (χ1v) is 8.02. The van der Waals surface area contributed by atoms with Crippen LogP contribution in [0.5, 0.6) is 0 Å². The van der Waals surface area contributed by atoms with Crippen molar-refractivity contribution in [1.29, 1.82) is 0 Å². The zero-order valence-electron chi connectivity index (χ0n) is 12.8. The molecule has 0 aliphatic rings. The molecule has 5 heteroatoms. The highest BCUT2D eigenvalue weighted by Gasteiger charge is 2.32. The zero-order valence-corrected chi connectivity index (χ0v) is 13.6. The molecule has 22 heavy (non-hydrogen) atoms. The molecule has 0 aliphatic heterocycles. The third kappa shape index (κ3) is 4.32.